The minimum absolute atomic E-state index is 0.811. The van der Waals surface area contributed by atoms with Crippen molar-refractivity contribution in [2.45, 2.75) is 13.8 Å². The molecule has 0 spiro atoms. The molecule has 0 radical (unpaired) electrons. The van der Waals surface area contributed by atoms with Crippen LogP contribution in [0, 0.1) is 13.8 Å². The number of nitrogens with one attached hydrogen (secondary N) is 1. The molecule has 0 aliphatic rings. The number of hydrogen-bond acceptors (Lipinski definition) is 4. The fraction of sp³-hybridized carbons (Fsp3) is 0.133. The molecule has 3 rings (SSSR count). The second-order valence-electron chi connectivity index (χ2n) is 4.44. The SMILES string of the molecule is Cc1cccc(Nc2nc(-c3ccc(C)o3)cs2)c1. The maximum Gasteiger partial charge on any atom is 0.187 e. The number of benzene rings is 1. The largest absolute Gasteiger partial charge is 0.460 e. The van der Waals surface area contributed by atoms with Gasteiger partial charge in [0.1, 0.15) is 11.5 Å². The Morgan fingerprint density at radius 2 is 2.05 bits per heavy atom. The molecule has 0 fully saturated rings. The van der Waals surface area contributed by atoms with E-state index in [2.05, 4.69) is 29.4 Å². The molecule has 3 nitrogen and oxygen atoms in total. The van der Waals surface area contributed by atoms with Crippen LogP contribution in [0.1, 0.15) is 11.3 Å². The third-order valence-corrected chi connectivity index (χ3v) is 3.52. The second-order valence-corrected chi connectivity index (χ2v) is 5.30. The monoisotopic (exact) mass is 270 g/mol. The molecule has 0 saturated heterocycles. The summed E-state index contributed by atoms with van der Waals surface area (Å²) in [5.74, 6) is 1.71. The number of nitrogens with zero attached hydrogens (tertiary/aromatic N) is 1. The van der Waals surface area contributed by atoms with Gasteiger partial charge in [0.15, 0.2) is 10.9 Å². The summed E-state index contributed by atoms with van der Waals surface area (Å²) in [4.78, 5) is 4.53. The molecule has 0 bridgehead atoms. The summed E-state index contributed by atoms with van der Waals surface area (Å²) in [6.07, 6.45) is 0. The van der Waals surface area contributed by atoms with Crippen molar-refractivity contribution in [3.8, 4) is 11.5 Å². The lowest BCUT2D eigenvalue weighted by Gasteiger charge is -2.02. The van der Waals surface area contributed by atoms with Gasteiger partial charge in [0, 0.05) is 11.1 Å². The van der Waals surface area contributed by atoms with E-state index in [0.29, 0.717) is 0 Å². The summed E-state index contributed by atoms with van der Waals surface area (Å²) in [7, 11) is 0. The Hall–Kier alpha value is -2.07. The van der Waals surface area contributed by atoms with E-state index in [1.54, 1.807) is 11.3 Å². The molecule has 0 unspecified atom stereocenters. The molecule has 0 saturated carbocycles. The van der Waals surface area contributed by atoms with Crippen LogP contribution >= 0.6 is 11.3 Å². The van der Waals surface area contributed by atoms with Crippen LogP contribution in [-0.2, 0) is 0 Å². The molecule has 0 aliphatic heterocycles. The average Bonchev–Trinajstić information content (AvgIpc) is 2.98. The van der Waals surface area contributed by atoms with E-state index in [-0.39, 0.29) is 0 Å². The van der Waals surface area contributed by atoms with E-state index in [1.807, 2.05) is 36.6 Å². The van der Waals surface area contributed by atoms with E-state index >= 15 is 0 Å². The first-order valence-electron chi connectivity index (χ1n) is 6.07. The highest BCUT2D eigenvalue weighted by Crippen LogP contribution is 2.28. The van der Waals surface area contributed by atoms with Gasteiger partial charge in [-0.05, 0) is 43.7 Å². The highest BCUT2D eigenvalue weighted by atomic mass is 32.1. The van der Waals surface area contributed by atoms with Crippen molar-refractivity contribution in [2.24, 2.45) is 0 Å². The van der Waals surface area contributed by atoms with Gasteiger partial charge in [0.2, 0.25) is 0 Å². The molecule has 0 amide bonds. The highest BCUT2D eigenvalue weighted by molar-refractivity contribution is 7.14. The van der Waals surface area contributed by atoms with Crippen LogP contribution in [-0.4, -0.2) is 4.98 Å². The highest BCUT2D eigenvalue weighted by Gasteiger charge is 2.08. The third kappa shape index (κ3) is 2.69. The molecule has 1 N–H and O–H groups in total. The van der Waals surface area contributed by atoms with Crippen molar-refractivity contribution in [3.05, 3.63) is 53.1 Å². The minimum Gasteiger partial charge on any atom is -0.460 e. The molecule has 96 valence electrons. The molecule has 19 heavy (non-hydrogen) atoms. The van der Waals surface area contributed by atoms with Crippen LogP contribution in [0.3, 0.4) is 0 Å². The number of thiazole rings is 1. The molecule has 3 aromatic rings. The lowest BCUT2D eigenvalue weighted by atomic mass is 10.2. The van der Waals surface area contributed by atoms with Crippen LogP contribution in [0.15, 0.2) is 46.2 Å². The zero-order chi connectivity index (χ0) is 13.2. The molecular formula is C15H14N2OS. The van der Waals surface area contributed by atoms with Gasteiger partial charge in [-0.2, -0.15) is 0 Å². The lowest BCUT2D eigenvalue weighted by Crippen LogP contribution is -1.89. The van der Waals surface area contributed by atoms with E-state index in [4.69, 9.17) is 4.42 Å². The zero-order valence-corrected chi connectivity index (χ0v) is 11.6. The quantitative estimate of drug-likeness (QED) is 0.745. The van der Waals surface area contributed by atoms with Crippen molar-refractivity contribution in [2.75, 3.05) is 5.32 Å². The molecule has 0 atom stereocenters. The van der Waals surface area contributed by atoms with Gasteiger partial charge in [-0.15, -0.1) is 11.3 Å². The molecule has 2 aromatic heterocycles. The summed E-state index contributed by atoms with van der Waals surface area (Å²) in [6, 6.07) is 12.1. The number of hydrogen-bond donors (Lipinski definition) is 1. The third-order valence-electron chi connectivity index (χ3n) is 2.77. The van der Waals surface area contributed by atoms with Crippen LogP contribution in [0.25, 0.3) is 11.5 Å². The predicted octanol–water partition coefficient (Wildman–Crippen LogP) is 4.76. The number of aryl methyl sites for hydroxylation is 2. The van der Waals surface area contributed by atoms with Gasteiger partial charge in [-0.25, -0.2) is 4.98 Å². The van der Waals surface area contributed by atoms with E-state index in [1.165, 1.54) is 5.56 Å². The maximum atomic E-state index is 5.57. The van der Waals surface area contributed by atoms with E-state index in [9.17, 15) is 0 Å². The minimum atomic E-state index is 0.811. The summed E-state index contributed by atoms with van der Waals surface area (Å²) in [5.41, 5.74) is 3.15. The van der Waals surface area contributed by atoms with Crippen LogP contribution in [0.4, 0.5) is 10.8 Å². The molecule has 4 heteroatoms. The Bertz CT molecular complexity index is 700. The Kier molecular flexibility index (Phi) is 3.09. The first-order valence-corrected chi connectivity index (χ1v) is 6.95. The number of aromatic nitrogens is 1. The number of anilines is 2. The first kappa shape index (κ1) is 12.0. The van der Waals surface area contributed by atoms with Gasteiger partial charge in [0.05, 0.1) is 0 Å². The standard InChI is InChI=1S/C15H14N2OS/c1-10-4-3-5-12(8-10)16-15-17-13(9-19-15)14-7-6-11(2)18-14/h3-9H,1-2H3,(H,16,17). The van der Waals surface area contributed by atoms with E-state index in [0.717, 1.165) is 28.0 Å². The summed E-state index contributed by atoms with van der Waals surface area (Å²) < 4.78 is 5.57. The summed E-state index contributed by atoms with van der Waals surface area (Å²) in [5, 5.41) is 6.17. The fourth-order valence-corrected chi connectivity index (χ4v) is 2.58. The van der Waals surface area contributed by atoms with Gasteiger partial charge in [-0.1, -0.05) is 12.1 Å². The second kappa shape index (κ2) is 4.90. The van der Waals surface area contributed by atoms with Crippen LogP contribution < -0.4 is 5.32 Å². The molecule has 2 heterocycles. The summed E-state index contributed by atoms with van der Waals surface area (Å²) in [6.45, 7) is 4.01. The van der Waals surface area contributed by atoms with Crippen LogP contribution in [0.5, 0.6) is 0 Å². The zero-order valence-electron chi connectivity index (χ0n) is 10.8. The van der Waals surface area contributed by atoms with Crippen molar-refractivity contribution in [1.82, 2.24) is 4.98 Å². The van der Waals surface area contributed by atoms with Gasteiger partial charge >= 0.3 is 0 Å². The average molecular weight is 270 g/mol. The van der Waals surface area contributed by atoms with Crippen molar-refractivity contribution < 1.29 is 4.42 Å². The molecule has 0 aliphatic carbocycles. The van der Waals surface area contributed by atoms with Gasteiger partial charge < -0.3 is 9.73 Å². The van der Waals surface area contributed by atoms with Crippen LogP contribution in [0.2, 0.25) is 0 Å². The topological polar surface area (TPSA) is 38.1 Å². The summed E-state index contributed by atoms with van der Waals surface area (Å²) >= 11 is 1.57. The normalized spacial score (nSPS) is 10.6. The molecule has 1 aromatic carbocycles. The Morgan fingerprint density at radius 1 is 1.16 bits per heavy atom. The number of furan rings is 1. The Balaban J connectivity index is 1.82. The Labute approximate surface area is 115 Å². The smallest absolute Gasteiger partial charge is 0.187 e. The van der Waals surface area contributed by atoms with Gasteiger partial charge in [0.25, 0.3) is 0 Å². The van der Waals surface area contributed by atoms with E-state index < -0.39 is 0 Å². The number of rotatable bonds is 3. The first-order chi connectivity index (χ1) is 9.20. The predicted molar refractivity (Wildman–Crippen MR) is 79.0 cm³/mol. The van der Waals surface area contributed by atoms with Gasteiger partial charge in [-0.3, -0.25) is 0 Å². The Morgan fingerprint density at radius 3 is 2.79 bits per heavy atom. The van der Waals surface area contributed by atoms with Crippen molar-refractivity contribution in [1.29, 1.82) is 0 Å². The maximum absolute atomic E-state index is 5.57. The lowest BCUT2D eigenvalue weighted by molar-refractivity contribution is 0.547. The molecular weight excluding hydrogens is 256 g/mol. The van der Waals surface area contributed by atoms with Crippen molar-refractivity contribution >= 4 is 22.2 Å². The van der Waals surface area contributed by atoms with Crippen molar-refractivity contribution in [3.63, 3.8) is 0 Å². The fourth-order valence-electron chi connectivity index (χ4n) is 1.86.